The first kappa shape index (κ1) is 9.01. The highest BCUT2D eigenvalue weighted by Crippen LogP contribution is 2.12. The highest BCUT2D eigenvalue weighted by atomic mass is 15.3. The van der Waals surface area contributed by atoms with Gasteiger partial charge < -0.3 is 5.32 Å². The summed E-state index contributed by atoms with van der Waals surface area (Å²) in [4.78, 5) is 2.58. The highest BCUT2D eigenvalue weighted by molar-refractivity contribution is 4.84. The van der Waals surface area contributed by atoms with Crippen LogP contribution in [0.2, 0.25) is 0 Å². The zero-order chi connectivity index (χ0) is 8.43. The molecule has 1 heterocycles. The molecule has 0 aromatic heterocycles. The van der Waals surface area contributed by atoms with Crippen LogP contribution in [0.4, 0.5) is 0 Å². The van der Waals surface area contributed by atoms with Gasteiger partial charge in [0.15, 0.2) is 0 Å². The second-order valence-corrected chi connectivity index (χ2v) is 3.90. The molecule has 0 saturated carbocycles. The minimum absolute atomic E-state index is 0.683. The van der Waals surface area contributed by atoms with Gasteiger partial charge in [-0.25, -0.2) is 0 Å². The Labute approximate surface area is 70.0 Å². The molecule has 1 fully saturated rings. The molecule has 1 rings (SSSR count). The molecule has 66 valence electrons. The van der Waals surface area contributed by atoms with Gasteiger partial charge in [-0.3, -0.25) is 4.90 Å². The summed E-state index contributed by atoms with van der Waals surface area (Å²) >= 11 is 0. The third-order valence-electron chi connectivity index (χ3n) is 2.49. The van der Waals surface area contributed by atoms with Gasteiger partial charge in [-0.05, 0) is 27.7 Å². The Morgan fingerprint density at radius 1 is 1.18 bits per heavy atom. The Morgan fingerprint density at radius 3 is 1.91 bits per heavy atom. The van der Waals surface area contributed by atoms with Crippen LogP contribution in [0.3, 0.4) is 0 Å². The lowest BCUT2D eigenvalue weighted by Gasteiger charge is -2.42. The van der Waals surface area contributed by atoms with Gasteiger partial charge in [-0.15, -0.1) is 0 Å². The van der Waals surface area contributed by atoms with E-state index in [9.17, 15) is 0 Å². The van der Waals surface area contributed by atoms with E-state index in [4.69, 9.17) is 0 Å². The number of piperazine rings is 1. The van der Waals surface area contributed by atoms with E-state index >= 15 is 0 Å². The molecule has 2 atom stereocenters. The van der Waals surface area contributed by atoms with Crippen molar-refractivity contribution in [3.05, 3.63) is 0 Å². The van der Waals surface area contributed by atoms with Crippen LogP contribution in [0.5, 0.6) is 0 Å². The molecule has 2 heteroatoms. The minimum atomic E-state index is 0.683. The van der Waals surface area contributed by atoms with Crippen molar-refractivity contribution in [2.24, 2.45) is 0 Å². The van der Waals surface area contributed by atoms with Crippen LogP contribution in [0.25, 0.3) is 0 Å². The third-order valence-corrected chi connectivity index (χ3v) is 2.49. The highest BCUT2D eigenvalue weighted by Gasteiger charge is 2.25. The van der Waals surface area contributed by atoms with Gasteiger partial charge in [-0.1, -0.05) is 0 Å². The fourth-order valence-electron chi connectivity index (χ4n) is 2.16. The molecule has 1 aliphatic rings. The van der Waals surface area contributed by atoms with Crippen molar-refractivity contribution < 1.29 is 0 Å². The second kappa shape index (κ2) is 3.55. The van der Waals surface area contributed by atoms with Gasteiger partial charge in [-0.2, -0.15) is 0 Å². The standard InChI is InChI=1S/C9H20N2/c1-7(2)11-8(3)5-10-6-9(11)4/h7-10H,5-6H2,1-4H3/t8-,9-/m0/s1. The summed E-state index contributed by atoms with van der Waals surface area (Å²) < 4.78 is 0. The largest absolute Gasteiger partial charge is 0.314 e. The van der Waals surface area contributed by atoms with Gasteiger partial charge in [0, 0.05) is 31.2 Å². The molecule has 0 aromatic rings. The van der Waals surface area contributed by atoms with E-state index < -0.39 is 0 Å². The third kappa shape index (κ3) is 1.94. The van der Waals surface area contributed by atoms with Crippen LogP contribution in [0, 0.1) is 0 Å². The molecule has 0 aromatic carbocycles. The number of nitrogens with one attached hydrogen (secondary N) is 1. The van der Waals surface area contributed by atoms with E-state index in [1.165, 1.54) is 0 Å². The average molecular weight is 156 g/mol. The monoisotopic (exact) mass is 156 g/mol. The summed E-state index contributed by atoms with van der Waals surface area (Å²) in [5, 5.41) is 3.43. The van der Waals surface area contributed by atoms with Crippen molar-refractivity contribution in [2.75, 3.05) is 13.1 Å². The molecule has 1 saturated heterocycles. The molecule has 11 heavy (non-hydrogen) atoms. The summed E-state index contributed by atoms with van der Waals surface area (Å²) in [6.45, 7) is 11.4. The number of hydrogen-bond acceptors (Lipinski definition) is 2. The zero-order valence-corrected chi connectivity index (χ0v) is 8.09. The quantitative estimate of drug-likeness (QED) is 0.611. The van der Waals surface area contributed by atoms with Crippen LogP contribution in [0.1, 0.15) is 27.7 Å². The van der Waals surface area contributed by atoms with Gasteiger partial charge in [0.1, 0.15) is 0 Å². The number of nitrogens with zero attached hydrogens (tertiary/aromatic N) is 1. The van der Waals surface area contributed by atoms with E-state index in [0.29, 0.717) is 18.1 Å². The summed E-state index contributed by atoms with van der Waals surface area (Å²) in [5.41, 5.74) is 0. The lowest BCUT2D eigenvalue weighted by molar-refractivity contribution is 0.0827. The van der Waals surface area contributed by atoms with Crippen molar-refractivity contribution in [1.29, 1.82) is 0 Å². The SMILES string of the molecule is CC(C)N1[C@@H](C)CNC[C@@H]1C. The number of hydrogen-bond donors (Lipinski definition) is 1. The van der Waals surface area contributed by atoms with E-state index in [-0.39, 0.29) is 0 Å². The van der Waals surface area contributed by atoms with E-state index in [0.717, 1.165) is 13.1 Å². The molecule has 0 bridgehead atoms. The van der Waals surface area contributed by atoms with Crippen LogP contribution >= 0.6 is 0 Å². The summed E-state index contributed by atoms with van der Waals surface area (Å²) in [6, 6.07) is 2.07. The van der Waals surface area contributed by atoms with Gasteiger partial charge in [0.2, 0.25) is 0 Å². The maximum atomic E-state index is 3.43. The van der Waals surface area contributed by atoms with Crippen LogP contribution in [-0.2, 0) is 0 Å². The van der Waals surface area contributed by atoms with E-state index in [1.54, 1.807) is 0 Å². The summed E-state index contributed by atoms with van der Waals surface area (Å²) in [7, 11) is 0. The van der Waals surface area contributed by atoms with Gasteiger partial charge in [0.05, 0.1) is 0 Å². The molecule has 0 unspecified atom stereocenters. The Kier molecular flexibility index (Phi) is 2.90. The Morgan fingerprint density at radius 2 is 1.64 bits per heavy atom. The predicted molar refractivity (Wildman–Crippen MR) is 48.8 cm³/mol. The Bertz CT molecular complexity index is 113. The molecule has 0 amide bonds. The van der Waals surface area contributed by atoms with Gasteiger partial charge >= 0.3 is 0 Å². The maximum Gasteiger partial charge on any atom is 0.0198 e. The molecule has 1 N–H and O–H groups in total. The fraction of sp³-hybridized carbons (Fsp3) is 1.00. The molecule has 0 radical (unpaired) electrons. The molecule has 1 aliphatic heterocycles. The van der Waals surface area contributed by atoms with E-state index in [2.05, 4.69) is 37.9 Å². The van der Waals surface area contributed by atoms with Crippen molar-refractivity contribution >= 4 is 0 Å². The Balaban J connectivity index is 2.55. The van der Waals surface area contributed by atoms with Crippen molar-refractivity contribution in [3.8, 4) is 0 Å². The minimum Gasteiger partial charge on any atom is -0.314 e. The average Bonchev–Trinajstić information content (AvgIpc) is 1.85. The number of rotatable bonds is 1. The first-order valence-electron chi connectivity index (χ1n) is 4.61. The smallest absolute Gasteiger partial charge is 0.0198 e. The topological polar surface area (TPSA) is 15.3 Å². The van der Waals surface area contributed by atoms with Crippen molar-refractivity contribution in [3.63, 3.8) is 0 Å². The van der Waals surface area contributed by atoms with Crippen molar-refractivity contribution in [2.45, 2.75) is 45.8 Å². The lowest BCUT2D eigenvalue weighted by Crippen LogP contribution is -2.57. The summed E-state index contributed by atoms with van der Waals surface area (Å²) in [5.74, 6) is 0. The van der Waals surface area contributed by atoms with E-state index in [1.807, 2.05) is 0 Å². The van der Waals surface area contributed by atoms with Crippen molar-refractivity contribution in [1.82, 2.24) is 10.2 Å². The van der Waals surface area contributed by atoms with Crippen LogP contribution < -0.4 is 5.32 Å². The zero-order valence-electron chi connectivity index (χ0n) is 8.09. The molecular formula is C9H20N2. The first-order valence-corrected chi connectivity index (χ1v) is 4.61. The summed E-state index contributed by atoms with van der Waals surface area (Å²) in [6.07, 6.45) is 0. The second-order valence-electron chi connectivity index (χ2n) is 3.90. The molecule has 0 aliphatic carbocycles. The van der Waals surface area contributed by atoms with Crippen LogP contribution in [0.15, 0.2) is 0 Å². The normalized spacial score (nSPS) is 34.6. The molecule has 0 spiro atoms. The maximum absolute atomic E-state index is 3.43. The van der Waals surface area contributed by atoms with Gasteiger partial charge in [0.25, 0.3) is 0 Å². The fourth-order valence-corrected chi connectivity index (χ4v) is 2.16. The Hall–Kier alpha value is -0.0800. The molecule has 2 nitrogen and oxygen atoms in total. The molecular weight excluding hydrogens is 136 g/mol. The van der Waals surface area contributed by atoms with Crippen LogP contribution in [-0.4, -0.2) is 36.1 Å². The lowest BCUT2D eigenvalue weighted by atomic mass is 10.1. The first-order chi connectivity index (χ1) is 5.13. The predicted octanol–water partition coefficient (Wildman–Crippen LogP) is 1.08.